The molecule has 1 aromatic heterocycles. The summed E-state index contributed by atoms with van der Waals surface area (Å²) in [5.41, 5.74) is 0.887. The van der Waals surface area contributed by atoms with Crippen molar-refractivity contribution >= 4 is 11.9 Å². The van der Waals surface area contributed by atoms with Gasteiger partial charge in [-0.3, -0.25) is 14.6 Å². The van der Waals surface area contributed by atoms with Crippen LogP contribution in [0.25, 0.3) is 0 Å². The van der Waals surface area contributed by atoms with E-state index < -0.39 is 0 Å². The van der Waals surface area contributed by atoms with Crippen LogP contribution in [0.1, 0.15) is 25.0 Å². The molecule has 0 saturated carbocycles. The highest BCUT2D eigenvalue weighted by molar-refractivity contribution is 5.96. The second-order valence-electron chi connectivity index (χ2n) is 6.41. The lowest BCUT2D eigenvalue weighted by atomic mass is 9.97. The summed E-state index contributed by atoms with van der Waals surface area (Å²) in [5.74, 6) is 0.931. The number of aromatic nitrogens is 2. The summed E-state index contributed by atoms with van der Waals surface area (Å²) in [6.07, 6.45) is 3.60. The maximum atomic E-state index is 11.8. The van der Waals surface area contributed by atoms with E-state index >= 15 is 0 Å². The van der Waals surface area contributed by atoms with Gasteiger partial charge < -0.3 is 10.1 Å². The number of hydrogen-bond acceptors (Lipinski definition) is 6. The van der Waals surface area contributed by atoms with E-state index in [1.165, 1.54) is 13.4 Å². The average Bonchev–Trinajstić information content (AvgIpc) is 2.58. The van der Waals surface area contributed by atoms with Gasteiger partial charge in [0.25, 0.3) is 0 Å². The van der Waals surface area contributed by atoms with E-state index in [0.29, 0.717) is 24.8 Å². The Morgan fingerprint density at radius 2 is 2.04 bits per heavy atom. The Morgan fingerprint density at radius 3 is 2.71 bits per heavy atom. The fourth-order valence-electron chi connectivity index (χ4n) is 3.07. The summed E-state index contributed by atoms with van der Waals surface area (Å²) < 4.78 is 5.76. The number of nitrogens with one attached hydrogen (secondary N) is 1. The van der Waals surface area contributed by atoms with Crippen molar-refractivity contribution in [3.8, 4) is 5.88 Å². The third-order valence-corrected chi connectivity index (χ3v) is 4.67. The van der Waals surface area contributed by atoms with E-state index in [0.717, 1.165) is 36.5 Å². The first-order valence-electron chi connectivity index (χ1n) is 8.25. The number of nitrogens with zero attached hydrogens (tertiary/aromatic N) is 4. The van der Waals surface area contributed by atoms with Crippen LogP contribution in [-0.2, 0) is 4.79 Å². The summed E-state index contributed by atoms with van der Waals surface area (Å²) in [4.78, 5) is 35.0. The first-order valence-corrected chi connectivity index (χ1v) is 8.25. The molecule has 0 bridgehead atoms. The predicted molar refractivity (Wildman–Crippen MR) is 86.3 cm³/mol. The molecule has 24 heavy (non-hydrogen) atoms. The number of likely N-dealkylation sites (tertiary alicyclic amines) is 1. The fraction of sp³-hybridized carbons (Fsp3) is 0.625. The van der Waals surface area contributed by atoms with E-state index in [1.807, 2.05) is 13.0 Å². The van der Waals surface area contributed by atoms with Gasteiger partial charge >= 0.3 is 6.03 Å². The third kappa shape index (κ3) is 3.81. The van der Waals surface area contributed by atoms with E-state index in [1.54, 1.807) is 0 Å². The lowest BCUT2D eigenvalue weighted by Gasteiger charge is -2.40. The van der Waals surface area contributed by atoms with Crippen molar-refractivity contribution in [2.24, 2.45) is 5.92 Å². The highest BCUT2D eigenvalue weighted by Gasteiger charge is 2.34. The van der Waals surface area contributed by atoms with Crippen LogP contribution in [0.2, 0.25) is 0 Å². The number of amides is 3. The molecule has 1 unspecified atom stereocenters. The molecule has 2 saturated heterocycles. The van der Waals surface area contributed by atoms with Gasteiger partial charge in [-0.05, 0) is 25.7 Å². The standard InChI is InChI=1S/C16H23N5O3/c1-11-7-14(18-10-17-11)24-9-12-3-5-21(6-4-12)13-8-15(22)20(2)16(23)19-13/h7,10,12-13H,3-6,8-9H2,1-2H3,(H,19,23). The molecule has 1 atom stereocenters. The minimum Gasteiger partial charge on any atom is -0.477 e. The number of rotatable bonds is 4. The molecule has 0 aliphatic carbocycles. The van der Waals surface area contributed by atoms with Gasteiger partial charge in [0.15, 0.2) is 0 Å². The van der Waals surface area contributed by atoms with Crippen molar-refractivity contribution in [2.45, 2.75) is 32.4 Å². The minimum atomic E-state index is -0.319. The Morgan fingerprint density at radius 1 is 1.29 bits per heavy atom. The molecule has 0 aromatic carbocycles. The average molecular weight is 333 g/mol. The Balaban J connectivity index is 1.46. The molecule has 2 aliphatic rings. The summed E-state index contributed by atoms with van der Waals surface area (Å²) in [7, 11) is 1.51. The summed E-state index contributed by atoms with van der Waals surface area (Å²) in [6, 6.07) is 1.51. The van der Waals surface area contributed by atoms with Gasteiger partial charge in [-0.25, -0.2) is 14.8 Å². The van der Waals surface area contributed by atoms with E-state index in [4.69, 9.17) is 4.74 Å². The molecule has 2 fully saturated rings. The van der Waals surface area contributed by atoms with Crippen LogP contribution in [0, 0.1) is 12.8 Å². The number of piperidine rings is 1. The largest absolute Gasteiger partial charge is 0.477 e. The molecule has 2 aliphatic heterocycles. The monoisotopic (exact) mass is 333 g/mol. The highest BCUT2D eigenvalue weighted by atomic mass is 16.5. The van der Waals surface area contributed by atoms with Gasteiger partial charge in [-0.2, -0.15) is 0 Å². The van der Waals surface area contributed by atoms with Crippen molar-refractivity contribution < 1.29 is 14.3 Å². The fourth-order valence-corrected chi connectivity index (χ4v) is 3.07. The van der Waals surface area contributed by atoms with Crippen LogP contribution in [-0.4, -0.2) is 64.6 Å². The smallest absolute Gasteiger partial charge is 0.325 e. The number of ether oxygens (including phenoxy) is 1. The van der Waals surface area contributed by atoms with Crippen LogP contribution in [0.3, 0.4) is 0 Å². The Kier molecular flexibility index (Phi) is 4.94. The normalized spacial score (nSPS) is 23.2. The maximum Gasteiger partial charge on any atom is 0.325 e. The summed E-state index contributed by atoms with van der Waals surface area (Å²) >= 11 is 0. The molecule has 130 valence electrons. The lowest BCUT2D eigenvalue weighted by molar-refractivity contribution is -0.130. The predicted octanol–water partition coefficient (Wildman–Crippen LogP) is 0.774. The van der Waals surface area contributed by atoms with Crippen molar-refractivity contribution in [2.75, 3.05) is 26.7 Å². The molecule has 3 rings (SSSR count). The Hall–Kier alpha value is -2.22. The number of aryl methyl sites for hydroxylation is 1. The van der Waals surface area contributed by atoms with Crippen LogP contribution < -0.4 is 10.1 Å². The molecular weight excluding hydrogens is 310 g/mol. The lowest BCUT2D eigenvalue weighted by Crippen LogP contribution is -2.60. The van der Waals surface area contributed by atoms with Gasteiger partial charge in [0, 0.05) is 31.9 Å². The van der Waals surface area contributed by atoms with Crippen molar-refractivity contribution in [1.29, 1.82) is 0 Å². The number of carbonyl (C=O) groups excluding carboxylic acids is 2. The minimum absolute atomic E-state index is 0.131. The molecule has 1 aromatic rings. The topological polar surface area (TPSA) is 87.7 Å². The van der Waals surface area contributed by atoms with Crippen LogP contribution in [0.4, 0.5) is 4.79 Å². The molecule has 8 heteroatoms. The van der Waals surface area contributed by atoms with Gasteiger partial charge in [0.2, 0.25) is 11.8 Å². The zero-order valence-corrected chi connectivity index (χ0v) is 14.1. The van der Waals surface area contributed by atoms with Gasteiger partial charge in [-0.1, -0.05) is 0 Å². The summed E-state index contributed by atoms with van der Waals surface area (Å²) in [5, 5.41) is 2.89. The maximum absolute atomic E-state index is 11.8. The first-order chi connectivity index (χ1) is 11.5. The number of imide groups is 1. The SMILES string of the molecule is Cc1cc(OCC2CCN(C3CC(=O)N(C)C(=O)N3)CC2)ncn1. The van der Waals surface area contributed by atoms with Gasteiger partial charge in [0.05, 0.1) is 19.2 Å². The second kappa shape index (κ2) is 7.12. The Bertz CT molecular complexity index is 597. The van der Waals surface area contributed by atoms with Crippen LogP contribution in [0.5, 0.6) is 5.88 Å². The Labute approximate surface area is 141 Å². The zero-order chi connectivity index (χ0) is 17.1. The highest BCUT2D eigenvalue weighted by Crippen LogP contribution is 2.22. The molecule has 3 heterocycles. The second-order valence-corrected chi connectivity index (χ2v) is 6.41. The van der Waals surface area contributed by atoms with Crippen LogP contribution in [0.15, 0.2) is 12.4 Å². The number of hydrogen-bond donors (Lipinski definition) is 1. The number of urea groups is 1. The van der Waals surface area contributed by atoms with E-state index in [-0.39, 0.29) is 18.1 Å². The van der Waals surface area contributed by atoms with Crippen LogP contribution >= 0.6 is 0 Å². The van der Waals surface area contributed by atoms with Gasteiger partial charge in [-0.15, -0.1) is 0 Å². The molecule has 0 radical (unpaired) electrons. The molecule has 1 N–H and O–H groups in total. The quantitative estimate of drug-likeness (QED) is 0.876. The zero-order valence-electron chi connectivity index (χ0n) is 14.1. The van der Waals surface area contributed by atoms with E-state index in [2.05, 4.69) is 20.2 Å². The summed E-state index contributed by atoms with van der Waals surface area (Å²) in [6.45, 7) is 4.23. The van der Waals surface area contributed by atoms with Crippen molar-refractivity contribution in [1.82, 2.24) is 25.1 Å². The molecule has 8 nitrogen and oxygen atoms in total. The first kappa shape index (κ1) is 16.6. The molecule has 3 amide bonds. The molecular formula is C16H23N5O3. The van der Waals surface area contributed by atoms with Crippen molar-refractivity contribution in [3.63, 3.8) is 0 Å². The number of carbonyl (C=O) groups is 2. The third-order valence-electron chi connectivity index (χ3n) is 4.67. The van der Waals surface area contributed by atoms with E-state index in [9.17, 15) is 9.59 Å². The van der Waals surface area contributed by atoms with Crippen molar-refractivity contribution in [3.05, 3.63) is 18.1 Å². The molecule has 0 spiro atoms. The van der Waals surface area contributed by atoms with Gasteiger partial charge in [0.1, 0.15) is 6.33 Å².